The second kappa shape index (κ2) is 8.23. The molecule has 4 aromatic rings. The third-order valence-corrected chi connectivity index (χ3v) is 5.44. The number of ether oxygens (including phenoxy) is 2. The average Bonchev–Trinajstić information content (AvgIpc) is 2.83. The summed E-state index contributed by atoms with van der Waals surface area (Å²) in [6.07, 6.45) is -0.358. The topological polar surface area (TPSA) is 77.8 Å². The van der Waals surface area contributed by atoms with E-state index in [1.165, 1.54) is 0 Å². The lowest BCUT2D eigenvalue weighted by molar-refractivity contribution is 0.0771. The highest BCUT2D eigenvalue weighted by Crippen LogP contribution is 2.32. The Morgan fingerprint density at radius 1 is 0.938 bits per heavy atom. The standard InChI is InChI=1S/C26H21NO5/c1-16-10-12-17(13-11-16)23-19-6-2-3-7-20(19)26(29)32-24(23)25(28)27-14-18-15-30-21-8-4-5-9-22(21)31-18/h2-13,18H,14-15H2,1H3,(H,27,28). The number of aryl methyl sites for hydroxylation is 1. The zero-order valence-corrected chi connectivity index (χ0v) is 17.5. The van der Waals surface area contributed by atoms with E-state index in [2.05, 4.69) is 5.32 Å². The van der Waals surface area contributed by atoms with Crippen LogP contribution in [0.3, 0.4) is 0 Å². The van der Waals surface area contributed by atoms with Gasteiger partial charge in [-0.2, -0.15) is 0 Å². The summed E-state index contributed by atoms with van der Waals surface area (Å²) in [6, 6.07) is 22.3. The number of hydrogen-bond acceptors (Lipinski definition) is 5. The lowest BCUT2D eigenvalue weighted by Gasteiger charge is -2.26. The number of hydrogen-bond donors (Lipinski definition) is 1. The summed E-state index contributed by atoms with van der Waals surface area (Å²) in [4.78, 5) is 25.7. The molecule has 6 nitrogen and oxygen atoms in total. The molecule has 1 aromatic heterocycles. The Balaban J connectivity index is 1.47. The van der Waals surface area contributed by atoms with Gasteiger partial charge in [-0.05, 0) is 30.7 Å². The molecule has 0 saturated carbocycles. The van der Waals surface area contributed by atoms with E-state index >= 15 is 0 Å². The Bertz CT molecular complexity index is 1360. The van der Waals surface area contributed by atoms with Gasteiger partial charge in [0.05, 0.1) is 11.9 Å². The SMILES string of the molecule is Cc1ccc(-c2c(C(=O)NCC3COc4ccccc4O3)oc(=O)c3ccccc23)cc1. The monoisotopic (exact) mass is 427 g/mol. The van der Waals surface area contributed by atoms with Gasteiger partial charge in [-0.15, -0.1) is 0 Å². The van der Waals surface area contributed by atoms with E-state index in [1.807, 2.05) is 67.6 Å². The predicted molar refractivity (Wildman–Crippen MR) is 121 cm³/mol. The van der Waals surface area contributed by atoms with Crippen molar-refractivity contribution in [3.63, 3.8) is 0 Å². The van der Waals surface area contributed by atoms with Gasteiger partial charge >= 0.3 is 5.63 Å². The lowest BCUT2D eigenvalue weighted by Crippen LogP contribution is -2.41. The van der Waals surface area contributed by atoms with Gasteiger partial charge in [-0.3, -0.25) is 4.79 Å². The summed E-state index contributed by atoms with van der Waals surface area (Å²) in [6.45, 7) is 2.51. The highest BCUT2D eigenvalue weighted by molar-refractivity contribution is 6.07. The predicted octanol–water partition coefficient (Wildman–Crippen LogP) is 4.34. The molecule has 160 valence electrons. The molecule has 1 unspecified atom stereocenters. The quantitative estimate of drug-likeness (QED) is 0.524. The maximum atomic E-state index is 13.1. The first-order valence-electron chi connectivity index (χ1n) is 10.4. The van der Waals surface area contributed by atoms with Gasteiger partial charge in [-0.25, -0.2) is 4.79 Å². The van der Waals surface area contributed by atoms with Crippen LogP contribution in [0.15, 0.2) is 82.0 Å². The van der Waals surface area contributed by atoms with Gasteiger partial charge in [0.25, 0.3) is 5.91 Å². The second-order valence-corrected chi connectivity index (χ2v) is 7.71. The second-order valence-electron chi connectivity index (χ2n) is 7.71. The molecule has 1 N–H and O–H groups in total. The molecule has 1 amide bonds. The zero-order valence-electron chi connectivity index (χ0n) is 17.5. The molecule has 0 radical (unpaired) electrons. The Kier molecular flexibility index (Phi) is 5.11. The summed E-state index contributed by atoms with van der Waals surface area (Å²) in [7, 11) is 0. The molecular formula is C26H21NO5. The van der Waals surface area contributed by atoms with Crippen LogP contribution in [-0.4, -0.2) is 25.2 Å². The molecular weight excluding hydrogens is 406 g/mol. The van der Waals surface area contributed by atoms with E-state index in [0.29, 0.717) is 34.4 Å². The minimum atomic E-state index is -0.548. The van der Waals surface area contributed by atoms with Crippen LogP contribution in [-0.2, 0) is 0 Å². The number of nitrogens with one attached hydrogen (secondary N) is 1. The van der Waals surface area contributed by atoms with Crippen LogP contribution < -0.4 is 20.4 Å². The Labute approximate surface area is 184 Å². The molecule has 1 aliphatic heterocycles. The smallest absolute Gasteiger partial charge is 0.344 e. The Morgan fingerprint density at radius 3 is 2.41 bits per heavy atom. The molecule has 1 atom stereocenters. The van der Waals surface area contributed by atoms with E-state index < -0.39 is 11.5 Å². The molecule has 0 aliphatic carbocycles. The molecule has 2 heterocycles. The lowest BCUT2D eigenvalue weighted by atomic mass is 9.97. The summed E-state index contributed by atoms with van der Waals surface area (Å²) < 4.78 is 17.1. The fourth-order valence-electron chi connectivity index (χ4n) is 3.82. The third-order valence-electron chi connectivity index (χ3n) is 5.44. The fraction of sp³-hybridized carbons (Fsp3) is 0.154. The summed E-state index contributed by atoms with van der Waals surface area (Å²) in [5.41, 5.74) is 1.93. The van der Waals surface area contributed by atoms with E-state index in [9.17, 15) is 9.59 Å². The third kappa shape index (κ3) is 3.71. The average molecular weight is 427 g/mol. The molecule has 32 heavy (non-hydrogen) atoms. The number of para-hydroxylation sites is 2. The van der Waals surface area contributed by atoms with E-state index in [1.54, 1.807) is 12.1 Å². The number of carbonyl (C=O) groups is 1. The number of benzene rings is 3. The first-order chi connectivity index (χ1) is 15.6. The van der Waals surface area contributed by atoms with E-state index in [4.69, 9.17) is 13.9 Å². The van der Waals surface area contributed by atoms with Crippen molar-refractivity contribution in [1.29, 1.82) is 0 Å². The van der Waals surface area contributed by atoms with Crippen LogP contribution in [0.1, 0.15) is 16.1 Å². The summed E-state index contributed by atoms with van der Waals surface area (Å²) >= 11 is 0. The molecule has 0 saturated heterocycles. The molecule has 6 heteroatoms. The van der Waals surface area contributed by atoms with E-state index in [-0.39, 0.29) is 18.4 Å². The zero-order chi connectivity index (χ0) is 22.1. The van der Waals surface area contributed by atoms with Gasteiger partial charge in [0, 0.05) is 10.9 Å². The van der Waals surface area contributed by atoms with Crippen LogP contribution in [0.5, 0.6) is 11.5 Å². The van der Waals surface area contributed by atoms with Crippen molar-refractivity contribution in [3.8, 4) is 22.6 Å². The molecule has 1 aliphatic rings. The highest BCUT2D eigenvalue weighted by atomic mass is 16.6. The number of carbonyl (C=O) groups excluding carboxylic acids is 1. The maximum absolute atomic E-state index is 13.1. The summed E-state index contributed by atoms with van der Waals surface area (Å²) in [5, 5.41) is 3.94. The van der Waals surface area contributed by atoms with Crippen LogP contribution in [0.2, 0.25) is 0 Å². The Hall–Kier alpha value is -4.06. The van der Waals surface area contributed by atoms with Crippen molar-refractivity contribution >= 4 is 16.7 Å². The van der Waals surface area contributed by atoms with Crippen LogP contribution in [0.25, 0.3) is 21.9 Å². The van der Waals surface area contributed by atoms with Crippen LogP contribution >= 0.6 is 0 Å². The normalized spacial score (nSPS) is 14.8. The van der Waals surface area contributed by atoms with Crippen molar-refractivity contribution in [2.75, 3.05) is 13.2 Å². The minimum absolute atomic E-state index is 0.0188. The van der Waals surface area contributed by atoms with Gasteiger partial charge in [0.1, 0.15) is 12.7 Å². The Morgan fingerprint density at radius 2 is 1.62 bits per heavy atom. The number of amides is 1. The first kappa shape index (κ1) is 19.9. The van der Waals surface area contributed by atoms with Crippen molar-refractivity contribution in [1.82, 2.24) is 5.32 Å². The molecule has 0 fully saturated rings. The largest absolute Gasteiger partial charge is 0.486 e. The van der Waals surface area contributed by atoms with Crippen molar-refractivity contribution in [3.05, 3.63) is 94.5 Å². The van der Waals surface area contributed by atoms with Crippen molar-refractivity contribution in [2.45, 2.75) is 13.0 Å². The van der Waals surface area contributed by atoms with Gasteiger partial charge in [-0.1, -0.05) is 60.2 Å². The minimum Gasteiger partial charge on any atom is -0.486 e. The highest BCUT2D eigenvalue weighted by Gasteiger charge is 2.25. The first-order valence-corrected chi connectivity index (χ1v) is 10.4. The molecule has 5 rings (SSSR count). The fourth-order valence-corrected chi connectivity index (χ4v) is 3.82. The van der Waals surface area contributed by atoms with Gasteiger partial charge in [0.15, 0.2) is 11.5 Å². The van der Waals surface area contributed by atoms with E-state index in [0.717, 1.165) is 11.1 Å². The van der Waals surface area contributed by atoms with Gasteiger partial charge in [0.2, 0.25) is 5.76 Å². The molecule has 0 spiro atoms. The maximum Gasteiger partial charge on any atom is 0.344 e. The van der Waals surface area contributed by atoms with Gasteiger partial charge < -0.3 is 19.2 Å². The van der Waals surface area contributed by atoms with Crippen LogP contribution in [0, 0.1) is 6.92 Å². The summed E-state index contributed by atoms with van der Waals surface area (Å²) in [5.74, 6) is 0.813. The van der Waals surface area contributed by atoms with Crippen molar-refractivity contribution < 1.29 is 18.7 Å². The number of rotatable bonds is 4. The van der Waals surface area contributed by atoms with Crippen LogP contribution in [0.4, 0.5) is 0 Å². The molecule has 0 bridgehead atoms. The van der Waals surface area contributed by atoms with Crippen molar-refractivity contribution in [2.24, 2.45) is 0 Å². The molecule has 3 aromatic carbocycles. The number of fused-ring (bicyclic) bond motifs is 2.